The van der Waals surface area contributed by atoms with Crippen LogP contribution < -0.4 is 4.74 Å². The van der Waals surface area contributed by atoms with Crippen LogP contribution in [0, 0.1) is 0 Å². The lowest BCUT2D eigenvalue weighted by atomic mass is 9.88. The standard InChI is InChI=1S/C27H38ClN5O4Si/c1-27(2,3)37-26(34)32(4)19-13-20(14-19)36-24-22-21(18-9-8-10-29-15-18)16-33(23(22)30-25(28)31-24)17-35-11-12-38(5,6)7/h8-10,15-16,19-20H,11-14,17H2,1-7H3/t19-,20-. The number of carbonyl (C=O) groups excluding carboxylic acids is 1. The Morgan fingerprint density at radius 2 is 1.97 bits per heavy atom. The molecule has 11 heteroatoms. The molecule has 0 saturated heterocycles. The lowest BCUT2D eigenvalue weighted by Gasteiger charge is -2.40. The van der Waals surface area contributed by atoms with Gasteiger partial charge in [-0.3, -0.25) is 4.98 Å². The second-order valence-corrected chi connectivity index (χ2v) is 18.0. The highest BCUT2D eigenvalue weighted by Gasteiger charge is 2.38. The van der Waals surface area contributed by atoms with Gasteiger partial charge < -0.3 is 23.7 Å². The van der Waals surface area contributed by atoms with Crippen molar-refractivity contribution in [2.24, 2.45) is 0 Å². The molecule has 206 valence electrons. The zero-order valence-electron chi connectivity index (χ0n) is 23.3. The first-order chi connectivity index (χ1) is 17.8. The first-order valence-electron chi connectivity index (χ1n) is 13.0. The lowest BCUT2D eigenvalue weighted by molar-refractivity contribution is -0.00930. The van der Waals surface area contributed by atoms with E-state index < -0.39 is 13.7 Å². The number of halogens is 1. The average molecular weight is 560 g/mol. The van der Waals surface area contributed by atoms with E-state index >= 15 is 0 Å². The third-order valence-corrected chi connectivity index (χ3v) is 8.31. The molecule has 1 amide bonds. The van der Waals surface area contributed by atoms with E-state index in [0.717, 1.165) is 22.6 Å². The Bertz CT molecular complexity index is 1270. The molecular formula is C27H38ClN5O4Si. The maximum absolute atomic E-state index is 12.5. The van der Waals surface area contributed by atoms with Gasteiger partial charge in [-0.15, -0.1) is 0 Å². The van der Waals surface area contributed by atoms with Gasteiger partial charge in [0.05, 0.1) is 5.39 Å². The fraction of sp³-hybridized carbons (Fsp3) is 0.556. The Hall–Kier alpha value is -2.69. The van der Waals surface area contributed by atoms with Gasteiger partial charge in [0.1, 0.15) is 18.4 Å². The third kappa shape index (κ3) is 7.03. The molecule has 0 N–H and O–H groups in total. The normalized spacial score (nSPS) is 17.8. The Morgan fingerprint density at radius 3 is 2.61 bits per heavy atom. The van der Waals surface area contributed by atoms with E-state index in [2.05, 4.69) is 34.6 Å². The topological polar surface area (TPSA) is 91.6 Å². The summed E-state index contributed by atoms with van der Waals surface area (Å²) in [4.78, 5) is 27.4. The van der Waals surface area contributed by atoms with Gasteiger partial charge in [0, 0.05) is 70.3 Å². The molecule has 9 nitrogen and oxygen atoms in total. The summed E-state index contributed by atoms with van der Waals surface area (Å²) in [5, 5.41) is 0.869. The molecule has 0 atom stereocenters. The summed E-state index contributed by atoms with van der Waals surface area (Å²) < 4.78 is 19.8. The molecule has 3 heterocycles. The van der Waals surface area contributed by atoms with E-state index in [4.69, 9.17) is 25.8 Å². The van der Waals surface area contributed by atoms with Crippen molar-refractivity contribution in [3.05, 3.63) is 36.0 Å². The number of fused-ring (bicyclic) bond motifs is 1. The fourth-order valence-electron chi connectivity index (χ4n) is 4.19. The summed E-state index contributed by atoms with van der Waals surface area (Å²) in [5.74, 6) is 0.420. The van der Waals surface area contributed by atoms with Gasteiger partial charge in [-0.1, -0.05) is 25.7 Å². The number of hydrogen-bond donors (Lipinski definition) is 0. The zero-order chi connectivity index (χ0) is 27.7. The number of ether oxygens (including phenoxy) is 3. The Morgan fingerprint density at radius 1 is 1.24 bits per heavy atom. The van der Waals surface area contributed by atoms with Crippen LogP contribution in [0.1, 0.15) is 33.6 Å². The van der Waals surface area contributed by atoms with Gasteiger partial charge >= 0.3 is 6.09 Å². The Labute approximate surface area is 230 Å². The second kappa shape index (κ2) is 11.2. The van der Waals surface area contributed by atoms with Crippen LogP contribution in [0.15, 0.2) is 30.7 Å². The predicted octanol–water partition coefficient (Wildman–Crippen LogP) is 6.24. The number of aromatic nitrogens is 4. The molecule has 3 aromatic heterocycles. The molecule has 0 spiro atoms. The van der Waals surface area contributed by atoms with Crippen molar-refractivity contribution in [2.75, 3.05) is 13.7 Å². The summed E-state index contributed by atoms with van der Waals surface area (Å²) in [6.07, 6.45) is 6.43. The molecule has 0 aromatic carbocycles. The average Bonchev–Trinajstić information content (AvgIpc) is 3.15. The van der Waals surface area contributed by atoms with Crippen LogP contribution in [0.4, 0.5) is 4.79 Å². The van der Waals surface area contributed by atoms with Crippen molar-refractivity contribution in [3.63, 3.8) is 0 Å². The van der Waals surface area contributed by atoms with Crippen molar-refractivity contribution in [1.29, 1.82) is 0 Å². The van der Waals surface area contributed by atoms with E-state index in [-0.39, 0.29) is 23.5 Å². The largest absolute Gasteiger partial charge is 0.474 e. The highest BCUT2D eigenvalue weighted by Crippen LogP contribution is 2.38. The summed E-state index contributed by atoms with van der Waals surface area (Å²) >= 11 is 6.37. The number of nitrogens with zero attached hydrogens (tertiary/aromatic N) is 5. The van der Waals surface area contributed by atoms with Gasteiger partial charge in [-0.05, 0) is 44.5 Å². The molecule has 4 rings (SSSR count). The van der Waals surface area contributed by atoms with Gasteiger partial charge in [0.25, 0.3) is 0 Å². The third-order valence-electron chi connectivity index (χ3n) is 6.43. The maximum Gasteiger partial charge on any atom is 0.410 e. The number of pyridine rings is 1. The SMILES string of the molecule is CN(C(=O)OC(C)(C)C)[C@H]1C[C@H](Oc2nc(Cl)nc3c2c(-c2cccnc2)cn3COCC[Si](C)(C)C)C1. The van der Waals surface area contributed by atoms with E-state index in [9.17, 15) is 4.79 Å². The van der Waals surface area contributed by atoms with Gasteiger partial charge in [-0.25, -0.2) is 4.79 Å². The number of amides is 1. The summed E-state index contributed by atoms with van der Waals surface area (Å²) in [6, 6.07) is 4.99. The Balaban J connectivity index is 1.56. The Kier molecular flexibility index (Phi) is 8.34. The predicted molar refractivity (Wildman–Crippen MR) is 151 cm³/mol. The first kappa shape index (κ1) is 28.3. The first-order valence-corrected chi connectivity index (χ1v) is 17.1. The van der Waals surface area contributed by atoms with Crippen molar-refractivity contribution >= 4 is 36.8 Å². The summed E-state index contributed by atoms with van der Waals surface area (Å²) in [5.41, 5.74) is 1.93. The summed E-state index contributed by atoms with van der Waals surface area (Å²) in [7, 11) is 0.556. The molecular weight excluding hydrogens is 522 g/mol. The molecule has 0 bridgehead atoms. The highest BCUT2D eigenvalue weighted by molar-refractivity contribution is 6.76. The van der Waals surface area contributed by atoms with Crippen LogP contribution in [-0.4, -0.2) is 70.0 Å². The van der Waals surface area contributed by atoms with E-state index in [1.54, 1.807) is 24.3 Å². The summed E-state index contributed by atoms with van der Waals surface area (Å²) in [6.45, 7) is 13.6. The maximum atomic E-state index is 12.5. The van der Waals surface area contributed by atoms with Crippen molar-refractivity contribution < 1.29 is 19.0 Å². The van der Waals surface area contributed by atoms with Gasteiger partial charge in [-0.2, -0.15) is 9.97 Å². The fourth-order valence-corrected chi connectivity index (χ4v) is 5.10. The molecule has 1 aliphatic rings. The quantitative estimate of drug-likeness (QED) is 0.174. The molecule has 0 radical (unpaired) electrons. The van der Waals surface area contributed by atoms with Gasteiger partial charge in [0.2, 0.25) is 11.2 Å². The molecule has 1 aliphatic carbocycles. The van der Waals surface area contributed by atoms with Crippen LogP contribution in [0.3, 0.4) is 0 Å². The smallest absolute Gasteiger partial charge is 0.410 e. The van der Waals surface area contributed by atoms with E-state index in [1.165, 1.54) is 0 Å². The van der Waals surface area contributed by atoms with Gasteiger partial charge in [0.15, 0.2) is 5.65 Å². The molecule has 1 fully saturated rings. The number of carbonyl (C=O) groups is 1. The van der Waals surface area contributed by atoms with Crippen LogP contribution in [-0.2, 0) is 16.2 Å². The minimum absolute atomic E-state index is 0.0322. The second-order valence-electron chi connectivity index (χ2n) is 12.1. The molecule has 3 aromatic rings. The zero-order valence-corrected chi connectivity index (χ0v) is 25.1. The monoisotopic (exact) mass is 559 g/mol. The van der Waals surface area contributed by atoms with E-state index in [0.29, 0.717) is 37.7 Å². The van der Waals surface area contributed by atoms with Crippen LogP contribution >= 0.6 is 11.6 Å². The van der Waals surface area contributed by atoms with Crippen molar-refractivity contribution in [3.8, 4) is 17.0 Å². The highest BCUT2D eigenvalue weighted by atomic mass is 35.5. The van der Waals surface area contributed by atoms with Crippen LogP contribution in [0.2, 0.25) is 31.0 Å². The number of hydrogen-bond acceptors (Lipinski definition) is 7. The minimum Gasteiger partial charge on any atom is -0.474 e. The van der Waals surface area contributed by atoms with Crippen molar-refractivity contribution in [1.82, 2.24) is 24.4 Å². The van der Waals surface area contributed by atoms with Crippen LogP contribution in [0.5, 0.6) is 5.88 Å². The van der Waals surface area contributed by atoms with Crippen molar-refractivity contribution in [2.45, 2.75) is 83.8 Å². The van der Waals surface area contributed by atoms with E-state index in [1.807, 2.05) is 43.7 Å². The minimum atomic E-state index is -1.21. The molecule has 1 saturated carbocycles. The number of rotatable bonds is 9. The molecule has 0 aliphatic heterocycles. The lowest BCUT2D eigenvalue weighted by Crippen LogP contribution is -2.51. The van der Waals surface area contributed by atoms with Crippen LogP contribution in [0.25, 0.3) is 22.2 Å². The molecule has 38 heavy (non-hydrogen) atoms. The molecule has 0 unspecified atom stereocenters.